The Morgan fingerprint density at radius 2 is 1.89 bits per heavy atom. The van der Waals surface area contributed by atoms with Crippen molar-refractivity contribution >= 4 is 5.91 Å². The van der Waals surface area contributed by atoms with E-state index >= 15 is 0 Å². The Balaban J connectivity index is 1.44. The van der Waals surface area contributed by atoms with Crippen molar-refractivity contribution in [2.24, 2.45) is 11.3 Å². The molecule has 1 aromatic carbocycles. The van der Waals surface area contributed by atoms with Crippen LogP contribution in [0.2, 0.25) is 0 Å². The highest BCUT2D eigenvalue weighted by Gasteiger charge is 2.52. The fourth-order valence-electron chi connectivity index (χ4n) is 4.54. The number of benzene rings is 1. The monoisotopic (exact) mass is 367 g/mol. The number of carbonyl (C=O) groups is 1. The molecule has 27 heavy (non-hydrogen) atoms. The highest BCUT2D eigenvalue weighted by Crippen LogP contribution is 2.50. The summed E-state index contributed by atoms with van der Waals surface area (Å²) in [5.41, 5.74) is 2.13. The standard InChI is InChI=1S/C21H25N3O3/c1-14-2-4-15(5-3-14)18-22-23-19(27-18)17-12-24(20(25)16-6-7-16)13-21(17)8-10-26-11-9-21/h2-5,16-17H,6-13H2,1H3. The molecule has 1 aliphatic carbocycles. The van der Waals surface area contributed by atoms with E-state index in [0.29, 0.717) is 24.2 Å². The van der Waals surface area contributed by atoms with Gasteiger partial charge in [-0.05, 0) is 44.7 Å². The second-order valence-corrected chi connectivity index (χ2v) is 8.33. The molecule has 3 fully saturated rings. The first kappa shape index (κ1) is 16.9. The van der Waals surface area contributed by atoms with Crippen LogP contribution in [-0.2, 0) is 9.53 Å². The van der Waals surface area contributed by atoms with Gasteiger partial charge in [-0.1, -0.05) is 17.7 Å². The minimum atomic E-state index is -0.000120. The SMILES string of the molecule is Cc1ccc(-c2nnc(C3CN(C(=O)C4CC4)CC34CCOCC4)o2)cc1. The van der Waals surface area contributed by atoms with Gasteiger partial charge in [-0.3, -0.25) is 4.79 Å². The summed E-state index contributed by atoms with van der Waals surface area (Å²) in [6.07, 6.45) is 3.95. The summed E-state index contributed by atoms with van der Waals surface area (Å²) >= 11 is 0. The van der Waals surface area contributed by atoms with E-state index in [9.17, 15) is 4.79 Å². The third-order valence-electron chi connectivity index (χ3n) is 6.41. The van der Waals surface area contributed by atoms with E-state index in [1.807, 2.05) is 29.2 Å². The highest BCUT2D eigenvalue weighted by atomic mass is 16.5. The van der Waals surface area contributed by atoms with Gasteiger partial charge in [0.15, 0.2) is 0 Å². The van der Waals surface area contributed by atoms with Gasteiger partial charge in [-0.25, -0.2) is 0 Å². The van der Waals surface area contributed by atoms with Crippen molar-refractivity contribution in [3.8, 4) is 11.5 Å². The number of aryl methyl sites for hydroxylation is 1. The molecule has 6 heteroatoms. The molecular weight excluding hydrogens is 342 g/mol. The Morgan fingerprint density at radius 3 is 2.59 bits per heavy atom. The molecule has 3 aliphatic rings. The molecule has 1 spiro atoms. The minimum absolute atomic E-state index is 0.000120. The third kappa shape index (κ3) is 3.06. The van der Waals surface area contributed by atoms with E-state index in [-0.39, 0.29) is 17.3 Å². The van der Waals surface area contributed by atoms with Gasteiger partial charge < -0.3 is 14.1 Å². The molecular formula is C21H25N3O3. The molecule has 2 saturated heterocycles. The second-order valence-electron chi connectivity index (χ2n) is 8.33. The van der Waals surface area contributed by atoms with Crippen LogP contribution in [0.3, 0.4) is 0 Å². The smallest absolute Gasteiger partial charge is 0.247 e. The molecule has 6 nitrogen and oxygen atoms in total. The van der Waals surface area contributed by atoms with Crippen molar-refractivity contribution in [2.75, 3.05) is 26.3 Å². The van der Waals surface area contributed by atoms with Gasteiger partial charge in [-0.2, -0.15) is 0 Å². The first-order valence-electron chi connectivity index (χ1n) is 9.92. The number of amides is 1. The lowest BCUT2D eigenvalue weighted by molar-refractivity contribution is -0.132. The maximum absolute atomic E-state index is 12.7. The van der Waals surface area contributed by atoms with E-state index in [1.165, 1.54) is 5.56 Å². The van der Waals surface area contributed by atoms with E-state index in [4.69, 9.17) is 9.15 Å². The molecule has 142 valence electrons. The minimum Gasteiger partial charge on any atom is -0.420 e. The van der Waals surface area contributed by atoms with Gasteiger partial charge in [0.1, 0.15) is 0 Å². The number of aromatic nitrogens is 2. The van der Waals surface area contributed by atoms with E-state index in [2.05, 4.69) is 17.1 Å². The quantitative estimate of drug-likeness (QED) is 0.833. The van der Waals surface area contributed by atoms with Crippen LogP contribution in [0.4, 0.5) is 0 Å². The van der Waals surface area contributed by atoms with Crippen molar-refractivity contribution in [3.63, 3.8) is 0 Å². The lowest BCUT2D eigenvalue weighted by atomic mass is 9.72. The molecule has 1 saturated carbocycles. The van der Waals surface area contributed by atoms with Gasteiger partial charge in [0.25, 0.3) is 0 Å². The second kappa shape index (κ2) is 6.44. The maximum Gasteiger partial charge on any atom is 0.247 e. The van der Waals surface area contributed by atoms with Gasteiger partial charge in [0.2, 0.25) is 17.7 Å². The van der Waals surface area contributed by atoms with Crippen LogP contribution in [0.15, 0.2) is 28.7 Å². The number of carbonyl (C=O) groups excluding carboxylic acids is 1. The van der Waals surface area contributed by atoms with Crippen LogP contribution in [0, 0.1) is 18.3 Å². The molecule has 0 N–H and O–H groups in total. The Bertz CT molecular complexity index is 835. The topological polar surface area (TPSA) is 68.5 Å². The molecule has 0 radical (unpaired) electrons. The van der Waals surface area contributed by atoms with E-state index in [1.54, 1.807) is 0 Å². The molecule has 2 aromatic rings. The van der Waals surface area contributed by atoms with Gasteiger partial charge >= 0.3 is 0 Å². The molecule has 0 bridgehead atoms. The number of rotatable bonds is 3. The molecule has 3 heterocycles. The number of hydrogen-bond acceptors (Lipinski definition) is 5. The Kier molecular flexibility index (Phi) is 4.04. The molecule has 1 atom stereocenters. The molecule has 1 unspecified atom stereocenters. The predicted molar refractivity (Wildman–Crippen MR) is 99.0 cm³/mol. The number of nitrogens with zero attached hydrogens (tertiary/aromatic N) is 3. The summed E-state index contributed by atoms with van der Waals surface area (Å²) < 4.78 is 11.7. The Labute approximate surface area is 158 Å². The van der Waals surface area contributed by atoms with Crippen molar-refractivity contribution in [1.29, 1.82) is 0 Å². The van der Waals surface area contributed by atoms with Crippen LogP contribution < -0.4 is 0 Å². The maximum atomic E-state index is 12.7. The molecule has 1 aromatic heterocycles. The third-order valence-corrected chi connectivity index (χ3v) is 6.41. The zero-order valence-corrected chi connectivity index (χ0v) is 15.7. The van der Waals surface area contributed by atoms with Crippen LogP contribution in [-0.4, -0.2) is 47.3 Å². The lowest BCUT2D eigenvalue weighted by Crippen LogP contribution is -2.37. The summed E-state index contributed by atoms with van der Waals surface area (Å²) in [5, 5.41) is 8.71. The summed E-state index contributed by atoms with van der Waals surface area (Å²) in [6.45, 7) is 5.01. The Hall–Kier alpha value is -2.21. The number of hydrogen-bond donors (Lipinski definition) is 0. The van der Waals surface area contributed by atoms with Crippen molar-refractivity contribution in [2.45, 2.75) is 38.5 Å². The van der Waals surface area contributed by atoms with Crippen molar-refractivity contribution < 1.29 is 13.9 Å². The summed E-state index contributed by atoms with van der Waals surface area (Å²) in [5.74, 6) is 1.86. The van der Waals surface area contributed by atoms with Crippen molar-refractivity contribution in [1.82, 2.24) is 15.1 Å². The zero-order chi connectivity index (χ0) is 18.4. The van der Waals surface area contributed by atoms with Crippen LogP contribution in [0.25, 0.3) is 11.5 Å². The lowest BCUT2D eigenvalue weighted by Gasteiger charge is -2.36. The number of likely N-dealkylation sites (tertiary alicyclic amines) is 1. The first-order chi connectivity index (χ1) is 13.1. The fourth-order valence-corrected chi connectivity index (χ4v) is 4.54. The molecule has 1 amide bonds. The zero-order valence-electron chi connectivity index (χ0n) is 15.7. The highest BCUT2D eigenvalue weighted by molar-refractivity contribution is 5.81. The summed E-state index contributed by atoms with van der Waals surface area (Å²) in [6, 6.07) is 8.11. The first-order valence-corrected chi connectivity index (χ1v) is 9.92. The molecule has 2 aliphatic heterocycles. The van der Waals surface area contributed by atoms with Crippen LogP contribution in [0.1, 0.15) is 43.1 Å². The van der Waals surface area contributed by atoms with E-state index < -0.39 is 0 Å². The van der Waals surface area contributed by atoms with E-state index in [0.717, 1.165) is 51.0 Å². The van der Waals surface area contributed by atoms with Crippen LogP contribution in [0.5, 0.6) is 0 Å². The largest absolute Gasteiger partial charge is 0.420 e. The van der Waals surface area contributed by atoms with Crippen LogP contribution >= 0.6 is 0 Å². The Morgan fingerprint density at radius 1 is 1.15 bits per heavy atom. The average Bonchev–Trinajstić information content (AvgIpc) is 3.32. The number of ether oxygens (including phenoxy) is 1. The van der Waals surface area contributed by atoms with Gasteiger partial charge in [-0.15, -0.1) is 10.2 Å². The van der Waals surface area contributed by atoms with Gasteiger partial charge in [0.05, 0.1) is 5.92 Å². The average molecular weight is 367 g/mol. The normalized spacial score (nSPS) is 24.5. The fraction of sp³-hybridized carbons (Fsp3) is 0.571. The summed E-state index contributed by atoms with van der Waals surface area (Å²) in [4.78, 5) is 14.7. The molecule has 5 rings (SSSR count). The van der Waals surface area contributed by atoms with Gasteiger partial charge in [0, 0.05) is 43.2 Å². The predicted octanol–water partition coefficient (Wildman–Crippen LogP) is 3.18. The van der Waals surface area contributed by atoms with Crippen molar-refractivity contribution in [3.05, 3.63) is 35.7 Å². The summed E-state index contributed by atoms with van der Waals surface area (Å²) in [7, 11) is 0.